The molecule has 1 aromatic heterocycles. The summed E-state index contributed by atoms with van der Waals surface area (Å²) in [6.45, 7) is -0.400. The van der Waals surface area contributed by atoms with Gasteiger partial charge in [0.2, 0.25) is 0 Å². The number of amides is 2. The van der Waals surface area contributed by atoms with Crippen molar-refractivity contribution in [1.29, 1.82) is 0 Å². The van der Waals surface area contributed by atoms with Crippen molar-refractivity contribution >= 4 is 23.4 Å². The maximum absolute atomic E-state index is 13.8. The Balaban J connectivity index is 1.94. The molecule has 1 atom stereocenters. The molecular formula is C21H20ClFN4O4. The largest absolute Gasteiger partial charge is 0.493 e. The van der Waals surface area contributed by atoms with Crippen LogP contribution in [-0.2, 0) is 11.8 Å². The predicted molar refractivity (Wildman–Crippen MR) is 112 cm³/mol. The number of nitrogens with one attached hydrogen (secondary N) is 1. The summed E-state index contributed by atoms with van der Waals surface area (Å²) in [6.07, 6.45) is 3.30. The molecule has 1 heterocycles. The lowest BCUT2D eigenvalue weighted by Crippen LogP contribution is -2.31. The van der Waals surface area contributed by atoms with Crippen molar-refractivity contribution in [3.63, 3.8) is 0 Å². The Morgan fingerprint density at radius 2 is 2.10 bits per heavy atom. The lowest BCUT2D eigenvalue weighted by atomic mass is 10.0. The van der Waals surface area contributed by atoms with Gasteiger partial charge in [-0.2, -0.15) is 0 Å². The van der Waals surface area contributed by atoms with Crippen LogP contribution in [0.1, 0.15) is 27.8 Å². The van der Waals surface area contributed by atoms with E-state index >= 15 is 0 Å². The van der Waals surface area contributed by atoms with Crippen molar-refractivity contribution in [3.8, 4) is 11.5 Å². The molecule has 3 rings (SSSR count). The first-order chi connectivity index (χ1) is 14.8. The first-order valence-corrected chi connectivity index (χ1v) is 9.50. The van der Waals surface area contributed by atoms with Gasteiger partial charge in [-0.05, 0) is 29.8 Å². The van der Waals surface area contributed by atoms with Crippen LogP contribution in [0.4, 0.5) is 4.39 Å². The SMILES string of the molecule is COc1cc(C(=O)NC(c2cccc(F)c2)c2nccn2C)cc(Cl)c1OCC(N)=O. The molecule has 3 N–H and O–H groups in total. The van der Waals surface area contributed by atoms with Gasteiger partial charge >= 0.3 is 0 Å². The van der Waals surface area contributed by atoms with Crippen LogP contribution in [0.5, 0.6) is 11.5 Å². The average Bonchev–Trinajstić information content (AvgIpc) is 3.15. The number of ether oxygens (including phenoxy) is 2. The van der Waals surface area contributed by atoms with Crippen LogP contribution >= 0.6 is 11.6 Å². The first-order valence-electron chi connectivity index (χ1n) is 9.12. The van der Waals surface area contributed by atoms with Crippen molar-refractivity contribution in [3.05, 3.63) is 76.6 Å². The molecule has 0 saturated carbocycles. The van der Waals surface area contributed by atoms with Crippen molar-refractivity contribution in [2.45, 2.75) is 6.04 Å². The highest BCUT2D eigenvalue weighted by molar-refractivity contribution is 6.32. The van der Waals surface area contributed by atoms with Gasteiger partial charge in [0.15, 0.2) is 18.1 Å². The Bertz CT molecular complexity index is 1120. The van der Waals surface area contributed by atoms with Crippen molar-refractivity contribution in [2.75, 3.05) is 13.7 Å². The van der Waals surface area contributed by atoms with E-state index in [4.69, 9.17) is 26.8 Å². The number of halogens is 2. The normalized spacial score (nSPS) is 11.6. The van der Waals surface area contributed by atoms with E-state index in [1.54, 1.807) is 36.1 Å². The summed E-state index contributed by atoms with van der Waals surface area (Å²) in [7, 11) is 3.14. The third-order valence-electron chi connectivity index (χ3n) is 4.42. The molecule has 0 fully saturated rings. The van der Waals surface area contributed by atoms with E-state index in [-0.39, 0.29) is 22.1 Å². The Labute approximate surface area is 182 Å². The van der Waals surface area contributed by atoms with E-state index < -0.39 is 30.3 Å². The van der Waals surface area contributed by atoms with E-state index in [0.29, 0.717) is 11.4 Å². The third kappa shape index (κ3) is 5.13. The molecule has 0 radical (unpaired) electrons. The molecular weight excluding hydrogens is 427 g/mol. The van der Waals surface area contributed by atoms with Gasteiger partial charge in [0.05, 0.1) is 12.1 Å². The summed E-state index contributed by atoms with van der Waals surface area (Å²) in [6, 6.07) is 7.95. The Kier molecular flexibility index (Phi) is 6.76. The summed E-state index contributed by atoms with van der Waals surface area (Å²) in [5.41, 5.74) is 5.78. The molecule has 2 amide bonds. The Morgan fingerprint density at radius 3 is 2.71 bits per heavy atom. The lowest BCUT2D eigenvalue weighted by Gasteiger charge is -2.20. The van der Waals surface area contributed by atoms with Crippen LogP contribution in [0.3, 0.4) is 0 Å². The van der Waals surface area contributed by atoms with Gasteiger partial charge in [-0.1, -0.05) is 23.7 Å². The van der Waals surface area contributed by atoms with Crippen LogP contribution in [0.2, 0.25) is 5.02 Å². The maximum atomic E-state index is 13.8. The predicted octanol–water partition coefficient (Wildman–Crippen LogP) is 2.60. The minimum atomic E-state index is -0.723. The summed E-state index contributed by atoms with van der Waals surface area (Å²) in [4.78, 5) is 28.3. The summed E-state index contributed by atoms with van der Waals surface area (Å²) in [5, 5.41) is 2.91. The number of nitrogens with zero attached hydrogens (tertiary/aromatic N) is 2. The van der Waals surface area contributed by atoms with Gasteiger partial charge in [-0.25, -0.2) is 9.37 Å². The number of hydrogen-bond donors (Lipinski definition) is 2. The monoisotopic (exact) mass is 446 g/mol. The van der Waals surface area contributed by atoms with E-state index in [1.807, 2.05) is 0 Å². The van der Waals surface area contributed by atoms with Gasteiger partial charge in [0, 0.05) is 25.0 Å². The van der Waals surface area contributed by atoms with E-state index in [9.17, 15) is 14.0 Å². The summed E-state index contributed by atoms with van der Waals surface area (Å²) in [5.74, 6) is -0.875. The molecule has 0 aliphatic carbocycles. The molecule has 0 saturated heterocycles. The average molecular weight is 447 g/mol. The third-order valence-corrected chi connectivity index (χ3v) is 4.71. The van der Waals surface area contributed by atoms with E-state index in [2.05, 4.69) is 10.3 Å². The molecule has 162 valence electrons. The number of carbonyl (C=O) groups is 2. The molecule has 0 aliphatic rings. The van der Waals surface area contributed by atoms with E-state index in [0.717, 1.165) is 0 Å². The molecule has 2 aromatic carbocycles. The molecule has 31 heavy (non-hydrogen) atoms. The van der Waals surface area contributed by atoms with Crippen LogP contribution in [0.25, 0.3) is 0 Å². The zero-order valence-corrected chi connectivity index (χ0v) is 17.5. The molecule has 1 unspecified atom stereocenters. The Hall–Kier alpha value is -3.59. The standard InChI is InChI=1S/C21H20ClFN4O4/c1-27-7-6-25-20(27)18(12-4-3-5-14(23)8-12)26-21(29)13-9-15(22)19(16(10-13)30-2)31-11-17(24)28/h3-10,18H,11H2,1-2H3,(H2,24,28)(H,26,29). The maximum Gasteiger partial charge on any atom is 0.255 e. The second kappa shape index (κ2) is 9.48. The number of nitrogens with two attached hydrogens (primary N) is 1. The topological polar surface area (TPSA) is 108 Å². The highest BCUT2D eigenvalue weighted by Gasteiger charge is 2.24. The summed E-state index contributed by atoms with van der Waals surface area (Å²) >= 11 is 6.24. The fraction of sp³-hybridized carbons (Fsp3) is 0.190. The number of benzene rings is 2. The van der Waals surface area contributed by atoms with Gasteiger partial charge in [0.25, 0.3) is 11.8 Å². The van der Waals surface area contributed by atoms with Crippen LogP contribution in [0, 0.1) is 5.82 Å². The molecule has 0 bridgehead atoms. The smallest absolute Gasteiger partial charge is 0.255 e. The number of aryl methyl sites for hydroxylation is 1. The lowest BCUT2D eigenvalue weighted by molar-refractivity contribution is -0.119. The molecule has 8 nitrogen and oxygen atoms in total. The van der Waals surface area contributed by atoms with E-state index in [1.165, 1.54) is 31.4 Å². The molecule has 0 aliphatic heterocycles. The second-order valence-electron chi connectivity index (χ2n) is 6.60. The number of aromatic nitrogens is 2. The minimum Gasteiger partial charge on any atom is -0.493 e. The highest BCUT2D eigenvalue weighted by Crippen LogP contribution is 2.36. The fourth-order valence-electron chi connectivity index (χ4n) is 2.99. The minimum absolute atomic E-state index is 0.0602. The number of rotatable bonds is 8. The van der Waals surface area contributed by atoms with Crippen molar-refractivity contribution < 1.29 is 23.5 Å². The zero-order chi connectivity index (χ0) is 22.5. The second-order valence-corrected chi connectivity index (χ2v) is 7.01. The van der Waals surface area contributed by atoms with Crippen LogP contribution in [0.15, 0.2) is 48.8 Å². The number of primary amides is 1. The zero-order valence-electron chi connectivity index (χ0n) is 16.8. The highest BCUT2D eigenvalue weighted by atomic mass is 35.5. The number of methoxy groups -OCH3 is 1. The van der Waals surface area contributed by atoms with Gasteiger partial charge in [-0.3, -0.25) is 9.59 Å². The Morgan fingerprint density at radius 1 is 1.32 bits per heavy atom. The number of hydrogen-bond acceptors (Lipinski definition) is 5. The van der Waals surface area contributed by atoms with Crippen LogP contribution < -0.4 is 20.5 Å². The first kappa shape index (κ1) is 22.1. The molecule has 10 heteroatoms. The van der Waals surface area contributed by atoms with Gasteiger partial charge < -0.3 is 25.1 Å². The van der Waals surface area contributed by atoms with Gasteiger partial charge in [-0.15, -0.1) is 0 Å². The number of imidazole rings is 1. The fourth-order valence-corrected chi connectivity index (χ4v) is 3.25. The number of carbonyl (C=O) groups excluding carboxylic acids is 2. The van der Waals surface area contributed by atoms with Crippen LogP contribution in [-0.4, -0.2) is 35.1 Å². The van der Waals surface area contributed by atoms with Crippen molar-refractivity contribution in [2.24, 2.45) is 12.8 Å². The van der Waals surface area contributed by atoms with Gasteiger partial charge in [0.1, 0.15) is 17.7 Å². The van der Waals surface area contributed by atoms with Crippen molar-refractivity contribution in [1.82, 2.24) is 14.9 Å². The molecule has 0 spiro atoms. The molecule has 3 aromatic rings. The quantitative estimate of drug-likeness (QED) is 0.553. The summed E-state index contributed by atoms with van der Waals surface area (Å²) < 4.78 is 26.1.